The Balaban J connectivity index is 1.52. The molecule has 1 fully saturated rings. The first-order valence-corrected chi connectivity index (χ1v) is 12.5. The molecule has 0 spiro atoms. The smallest absolute Gasteiger partial charge is 0.271 e. The van der Waals surface area contributed by atoms with Crippen LogP contribution in [0.4, 0.5) is 0 Å². The second-order valence-electron chi connectivity index (χ2n) is 9.87. The van der Waals surface area contributed by atoms with Crippen molar-refractivity contribution < 1.29 is 9.59 Å². The SMILES string of the molecule is CC1(C(=O)NC2CCCCCC2)Cn2c(ccc2-c2ccccc2)C(=O)N1Cc1ccccc1. The molecule has 3 aromatic rings. The number of benzene rings is 2. The van der Waals surface area contributed by atoms with E-state index in [1.54, 1.807) is 4.90 Å². The topological polar surface area (TPSA) is 54.3 Å². The summed E-state index contributed by atoms with van der Waals surface area (Å²) in [5.74, 6) is -0.155. The molecule has 34 heavy (non-hydrogen) atoms. The van der Waals surface area contributed by atoms with Gasteiger partial charge in [-0.3, -0.25) is 9.59 Å². The largest absolute Gasteiger partial charge is 0.351 e. The minimum absolute atomic E-state index is 0.0537. The van der Waals surface area contributed by atoms with E-state index in [4.69, 9.17) is 0 Å². The van der Waals surface area contributed by atoms with E-state index in [1.807, 2.05) is 84.3 Å². The Morgan fingerprint density at radius 2 is 1.50 bits per heavy atom. The lowest BCUT2D eigenvalue weighted by molar-refractivity contribution is -0.134. The predicted molar refractivity (Wildman–Crippen MR) is 134 cm³/mol. The van der Waals surface area contributed by atoms with Gasteiger partial charge in [-0.05, 0) is 43.0 Å². The predicted octanol–water partition coefficient (Wildman–Crippen LogP) is 5.41. The van der Waals surface area contributed by atoms with Gasteiger partial charge in [0.25, 0.3) is 5.91 Å². The van der Waals surface area contributed by atoms with Gasteiger partial charge in [-0.15, -0.1) is 0 Å². The van der Waals surface area contributed by atoms with Crippen molar-refractivity contribution in [3.05, 3.63) is 84.1 Å². The Labute approximate surface area is 201 Å². The molecule has 1 aliphatic carbocycles. The molecule has 1 atom stereocenters. The van der Waals surface area contributed by atoms with Crippen LogP contribution in [0.15, 0.2) is 72.8 Å². The quantitative estimate of drug-likeness (QED) is 0.523. The van der Waals surface area contributed by atoms with Crippen LogP contribution < -0.4 is 5.32 Å². The van der Waals surface area contributed by atoms with Crippen molar-refractivity contribution in [3.8, 4) is 11.3 Å². The number of nitrogens with one attached hydrogen (secondary N) is 1. The number of carbonyl (C=O) groups excluding carboxylic acids is 2. The van der Waals surface area contributed by atoms with E-state index in [-0.39, 0.29) is 17.9 Å². The third-order valence-electron chi connectivity index (χ3n) is 7.44. The van der Waals surface area contributed by atoms with Gasteiger partial charge in [0.2, 0.25) is 5.91 Å². The van der Waals surface area contributed by atoms with Gasteiger partial charge in [-0.2, -0.15) is 0 Å². The van der Waals surface area contributed by atoms with E-state index < -0.39 is 5.54 Å². The maximum absolute atomic E-state index is 13.9. The first-order chi connectivity index (χ1) is 16.6. The standard InChI is InChI=1S/C29H33N3O2/c1-29(28(34)30-24-16-10-2-3-11-17-24)21-31-25(23-14-8-5-9-15-23)18-19-26(31)27(33)32(29)20-22-12-6-4-7-13-22/h4-9,12-15,18-19,24H,2-3,10-11,16-17,20-21H2,1H3,(H,30,34). The van der Waals surface area contributed by atoms with E-state index in [1.165, 1.54) is 12.8 Å². The normalized spacial score (nSPS) is 21.1. The van der Waals surface area contributed by atoms with Crippen LogP contribution >= 0.6 is 0 Å². The fraction of sp³-hybridized carbons (Fsp3) is 0.379. The van der Waals surface area contributed by atoms with Crippen LogP contribution in [-0.2, 0) is 17.9 Å². The molecule has 1 saturated carbocycles. The summed E-state index contributed by atoms with van der Waals surface area (Å²) in [4.78, 5) is 29.5. The van der Waals surface area contributed by atoms with E-state index in [9.17, 15) is 9.59 Å². The van der Waals surface area contributed by atoms with Gasteiger partial charge in [0.05, 0.1) is 6.54 Å². The minimum Gasteiger partial charge on any atom is -0.351 e. The van der Waals surface area contributed by atoms with Crippen LogP contribution in [0.25, 0.3) is 11.3 Å². The van der Waals surface area contributed by atoms with Gasteiger partial charge < -0.3 is 14.8 Å². The summed E-state index contributed by atoms with van der Waals surface area (Å²) >= 11 is 0. The van der Waals surface area contributed by atoms with Crippen LogP contribution in [-0.4, -0.2) is 32.9 Å². The molecule has 1 aromatic heterocycles. The molecule has 5 rings (SSSR count). The third-order valence-corrected chi connectivity index (χ3v) is 7.44. The Bertz CT molecular complexity index is 1150. The summed E-state index contributed by atoms with van der Waals surface area (Å²) in [6.45, 7) is 2.76. The Kier molecular flexibility index (Phi) is 6.27. The summed E-state index contributed by atoms with van der Waals surface area (Å²) in [6.07, 6.45) is 6.78. The molecule has 0 bridgehead atoms. The minimum atomic E-state index is -0.991. The molecule has 1 unspecified atom stereocenters. The van der Waals surface area contributed by atoms with Crippen LogP contribution in [0.5, 0.6) is 0 Å². The Hall–Kier alpha value is -3.34. The lowest BCUT2D eigenvalue weighted by Gasteiger charge is -2.45. The number of nitrogens with zero attached hydrogens (tertiary/aromatic N) is 2. The number of rotatable bonds is 5. The van der Waals surface area contributed by atoms with Crippen molar-refractivity contribution in [3.63, 3.8) is 0 Å². The zero-order valence-electron chi connectivity index (χ0n) is 19.9. The fourth-order valence-electron chi connectivity index (χ4n) is 5.41. The molecule has 176 valence electrons. The van der Waals surface area contributed by atoms with Crippen molar-refractivity contribution in [1.29, 1.82) is 0 Å². The summed E-state index contributed by atoms with van der Waals surface area (Å²) in [6, 6.07) is 24.1. The average molecular weight is 456 g/mol. The first-order valence-electron chi connectivity index (χ1n) is 12.5. The average Bonchev–Trinajstić information content (AvgIpc) is 3.10. The monoisotopic (exact) mass is 455 g/mol. The maximum Gasteiger partial charge on any atom is 0.271 e. The van der Waals surface area contributed by atoms with Crippen LogP contribution in [0.3, 0.4) is 0 Å². The van der Waals surface area contributed by atoms with Gasteiger partial charge in [0.1, 0.15) is 11.2 Å². The van der Waals surface area contributed by atoms with Crippen LogP contribution in [0.2, 0.25) is 0 Å². The molecule has 5 heteroatoms. The molecule has 1 N–H and O–H groups in total. The molecule has 2 amide bonds. The van der Waals surface area contributed by atoms with Gasteiger partial charge in [0.15, 0.2) is 0 Å². The maximum atomic E-state index is 13.9. The highest BCUT2D eigenvalue weighted by Gasteiger charge is 2.48. The lowest BCUT2D eigenvalue weighted by Crippen LogP contribution is -2.64. The summed E-state index contributed by atoms with van der Waals surface area (Å²) in [7, 11) is 0. The number of aromatic nitrogens is 1. The van der Waals surface area contributed by atoms with Crippen molar-refractivity contribution >= 4 is 11.8 Å². The molecule has 2 heterocycles. The second kappa shape index (κ2) is 9.49. The molecule has 0 saturated heterocycles. The van der Waals surface area contributed by atoms with E-state index >= 15 is 0 Å². The number of amides is 2. The molecule has 1 aliphatic heterocycles. The third kappa shape index (κ3) is 4.27. The number of fused-ring (bicyclic) bond motifs is 1. The van der Waals surface area contributed by atoms with Gasteiger partial charge in [-0.1, -0.05) is 86.3 Å². The molecule has 5 nitrogen and oxygen atoms in total. The zero-order valence-corrected chi connectivity index (χ0v) is 19.9. The number of hydrogen-bond donors (Lipinski definition) is 1. The molecule has 2 aliphatic rings. The van der Waals surface area contributed by atoms with Crippen molar-refractivity contribution in [2.45, 2.75) is 70.1 Å². The van der Waals surface area contributed by atoms with Gasteiger partial charge in [-0.25, -0.2) is 0 Å². The lowest BCUT2D eigenvalue weighted by atomic mass is 9.92. The van der Waals surface area contributed by atoms with Gasteiger partial charge in [0, 0.05) is 18.3 Å². The highest BCUT2D eigenvalue weighted by atomic mass is 16.2. The summed E-state index contributed by atoms with van der Waals surface area (Å²) in [5, 5.41) is 3.34. The molecule has 0 radical (unpaired) electrons. The van der Waals surface area contributed by atoms with E-state index in [0.717, 1.165) is 42.5 Å². The van der Waals surface area contributed by atoms with Crippen LogP contribution in [0, 0.1) is 0 Å². The zero-order chi connectivity index (χ0) is 23.5. The second-order valence-corrected chi connectivity index (χ2v) is 9.87. The van der Waals surface area contributed by atoms with Crippen molar-refractivity contribution in [2.24, 2.45) is 0 Å². The van der Waals surface area contributed by atoms with Gasteiger partial charge >= 0.3 is 0 Å². The molecular formula is C29H33N3O2. The first kappa shape index (κ1) is 22.5. The van der Waals surface area contributed by atoms with E-state index in [0.29, 0.717) is 18.8 Å². The Morgan fingerprint density at radius 3 is 2.18 bits per heavy atom. The molecule has 2 aromatic carbocycles. The number of hydrogen-bond acceptors (Lipinski definition) is 2. The highest BCUT2D eigenvalue weighted by Crippen LogP contribution is 2.34. The highest BCUT2D eigenvalue weighted by molar-refractivity contribution is 6.00. The van der Waals surface area contributed by atoms with Crippen LogP contribution in [0.1, 0.15) is 61.5 Å². The Morgan fingerprint density at radius 1 is 0.882 bits per heavy atom. The van der Waals surface area contributed by atoms with Crippen molar-refractivity contribution in [1.82, 2.24) is 14.8 Å². The fourth-order valence-corrected chi connectivity index (χ4v) is 5.41. The van der Waals surface area contributed by atoms with E-state index in [2.05, 4.69) is 5.32 Å². The summed E-state index contributed by atoms with van der Waals surface area (Å²) in [5.41, 5.74) is 2.68. The molecular weight excluding hydrogens is 422 g/mol. The number of carbonyl (C=O) groups is 2. The van der Waals surface area contributed by atoms with Crippen molar-refractivity contribution in [2.75, 3.05) is 0 Å². The summed E-state index contributed by atoms with van der Waals surface area (Å²) < 4.78 is 2.03.